The van der Waals surface area contributed by atoms with E-state index < -0.39 is 34.2 Å². The molecule has 0 bridgehead atoms. The monoisotopic (exact) mass is 414 g/mol. The van der Waals surface area contributed by atoms with Crippen molar-refractivity contribution in [1.82, 2.24) is 5.32 Å². The molecule has 1 amide bonds. The second-order valence-electron chi connectivity index (χ2n) is 6.25. The Morgan fingerprint density at radius 1 is 1.04 bits per heavy atom. The Bertz CT molecular complexity index is 883. The van der Waals surface area contributed by atoms with E-state index in [0.29, 0.717) is 13.0 Å². The van der Waals surface area contributed by atoms with Gasteiger partial charge < -0.3 is 5.32 Å². The lowest BCUT2D eigenvalue weighted by Crippen LogP contribution is -2.40. The molecule has 0 fully saturated rings. The average molecular weight is 414 g/mol. The zero-order valence-corrected chi connectivity index (χ0v) is 16.1. The molecule has 0 saturated heterocycles. The summed E-state index contributed by atoms with van der Waals surface area (Å²) >= 11 is 0. The van der Waals surface area contributed by atoms with E-state index in [0.717, 1.165) is 46.8 Å². The van der Waals surface area contributed by atoms with Gasteiger partial charge >= 0.3 is 6.18 Å². The first-order valence-corrected chi connectivity index (χ1v) is 10.4. The molecule has 28 heavy (non-hydrogen) atoms. The largest absolute Gasteiger partial charge is 0.416 e. The molecule has 0 aliphatic rings. The van der Waals surface area contributed by atoms with Crippen molar-refractivity contribution in [2.24, 2.45) is 0 Å². The fourth-order valence-electron chi connectivity index (χ4n) is 2.57. The molecule has 2 aromatic carbocycles. The quantitative estimate of drug-likeness (QED) is 0.675. The molecule has 5 nitrogen and oxygen atoms in total. The first-order valence-electron chi connectivity index (χ1n) is 8.53. The Labute approximate surface area is 162 Å². The molecule has 0 radical (unpaired) electrons. The van der Waals surface area contributed by atoms with Crippen LogP contribution in [0.2, 0.25) is 0 Å². The minimum absolute atomic E-state index is 0.00469. The van der Waals surface area contributed by atoms with Gasteiger partial charge in [0.2, 0.25) is 15.9 Å². The number of nitrogens with zero attached hydrogens (tertiary/aromatic N) is 1. The molecule has 2 rings (SSSR count). The number of halogens is 3. The van der Waals surface area contributed by atoms with Gasteiger partial charge in [0, 0.05) is 6.54 Å². The SMILES string of the molecule is CS(=O)(=O)N(CC(=O)NCCCc1ccccc1)c1ccc(C(F)(F)F)cc1. The third kappa shape index (κ3) is 6.56. The molecule has 2 aromatic rings. The first kappa shape index (κ1) is 21.7. The standard InChI is InChI=1S/C19H21F3N2O3S/c1-28(26,27)24(17-11-9-16(10-12-17)19(20,21)22)14-18(25)23-13-5-8-15-6-3-2-4-7-15/h2-4,6-7,9-12H,5,8,13-14H2,1H3,(H,23,25). The van der Waals surface area contributed by atoms with Crippen molar-refractivity contribution in [3.05, 3.63) is 65.7 Å². The lowest BCUT2D eigenvalue weighted by Gasteiger charge is -2.22. The summed E-state index contributed by atoms with van der Waals surface area (Å²) in [5, 5.41) is 2.64. The van der Waals surface area contributed by atoms with E-state index >= 15 is 0 Å². The summed E-state index contributed by atoms with van der Waals surface area (Å²) in [6.07, 6.45) is -2.19. The van der Waals surface area contributed by atoms with Crippen molar-refractivity contribution in [1.29, 1.82) is 0 Å². The molecular formula is C19H21F3N2O3S. The van der Waals surface area contributed by atoms with Gasteiger partial charge in [-0.05, 0) is 42.7 Å². The van der Waals surface area contributed by atoms with Crippen LogP contribution in [0.1, 0.15) is 17.5 Å². The molecule has 0 atom stereocenters. The minimum Gasteiger partial charge on any atom is -0.355 e. The highest BCUT2D eigenvalue weighted by atomic mass is 32.2. The molecule has 0 spiro atoms. The average Bonchev–Trinajstić information content (AvgIpc) is 2.63. The van der Waals surface area contributed by atoms with Crippen molar-refractivity contribution in [2.45, 2.75) is 19.0 Å². The Balaban J connectivity index is 1.95. The fourth-order valence-corrected chi connectivity index (χ4v) is 3.42. The molecule has 0 unspecified atom stereocenters. The number of rotatable bonds is 8. The molecule has 152 valence electrons. The Kier molecular flexibility index (Phi) is 7.06. The topological polar surface area (TPSA) is 66.5 Å². The number of benzene rings is 2. The summed E-state index contributed by atoms with van der Waals surface area (Å²) in [6, 6.07) is 13.3. The molecule has 0 aromatic heterocycles. The maximum Gasteiger partial charge on any atom is 0.416 e. The van der Waals surface area contributed by atoms with Crippen molar-refractivity contribution in [3.8, 4) is 0 Å². The van der Waals surface area contributed by atoms with E-state index in [4.69, 9.17) is 0 Å². The van der Waals surface area contributed by atoms with Crippen LogP contribution in [0.3, 0.4) is 0 Å². The highest BCUT2D eigenvalue weighted by molar-refractivity contribution is 7.92. The Morgan fingerprint density at radius 3 is 2.18 bits per heavy atom. The molecule has 0 aliphatic carbocycles. The molecule has 9 heteroatoms. The number of amides is 1. The Hall–Kier alpha value is -2.55. The number of alkyl halides is 3. The van der Waals surface area contributed by atoms with Crippen molar-refractivity contribution >= 4 is 21.6 Å². The number of hydrogen-bond acceptors (Lipinski definition) is 3. The summed E-state index contributed by atoms with van der Waals surface area (Å²) in [7, 11) is -3.84. The molecule has 1 N–H and O–H groups in total. The van der Waals surface area contributed by atoms with Gasteiger partial charge in [0.1, 0.15) is 6.54 Å². The predicted octanol–water partition coefficient (Wildman–Crippen LogP) is 3.22. The molecule has 0 heterocycles. The predicted molar refractivity (Wildman–Crippen MR) is 101 cm³/mol. The maximum atomic E-state index is 12.7. The normalized spacial score (nSPS) is 11.9. The van der Waals surface area contributed by atoms with Crippen molar-refractivity contribution in [3.63, 3.8) is 0 Å². The van der Waals surface area contributed by atoms with Gasteiger partial charge in [-0.1, -0.05) is 30.3 Å². The van der Waals surface area contributed by atoms with E-state index in [9.17, 15) is 26.4 Å². The molecular weight excluding hydrogens is 393 g/mol. The van der Waals surface area contributed by atoms with E-state index in [1.165, 1.54) is 0 Å². The fraction of sp³-hybridized carbons (Fsp3) is 0.316. The highest BCUT2D eigenvalue weighted by Crippen LogP contribution is 2.30. The summed E-state index contributed by atoms with van der Waals surface area (Å²) in [5.41, 5.74) is 0.226. The van der Waals surface area contributed by atoms with Gasteiger partial charge in [-0.25, -0.2) is 8.42 Å². The van der Waals surface area contributed by atoms with Crippen LogP contribution in [-0.2, 0) is 27.4 Å². The number of anilines is 1. The maximum absolute atomic E-state index is 12.7. The molecule has 0 aliphatic heterocycles. The van der Waals surface area contributed by atoms with Crippen LogP contribution >= 0.6 is 0 Å². The smallest absolute Gasteiger partial charge is 0.355 e. The van der Waals surface area contributed by atoms with Crippen LogP contribution in [0.25, 0.3) is 0 Å². The van der Waals surface area contributed by atoms with Gasteiger partial charge in [-0.3, -0.25) is 9.10 Å². The van der Waals surface area contributed by atoms with Crippen LogP contribution in [0.5, 0.6) is 0 Å². The van der Waals surface area contributed by atoms with E-state index in [-0.39, 0.29) is 5.69 Å². The third-order valence-electron chi connectivity index (χ3n) is 3.98. The van der Waals surface area contributed by atoms with Gasteiger partial charge in [0.05, 0.1) is 17.5 Å². The number of aryl methyl sites for hydroxylation is 1. The highest BCUT2D eigenvalue weighted by Gasteiger charge is 2.30. The Morgan fingerprint density at radius 2 is 1.64 bits per heavy atom. The van der Waals surface area contributed by atoms with Gasteiger partial charge in [0.15, 0.2) is 0 Å². The van der Waals surface area contributed by atoms with Crippen LogP contribution in [0.4, 0.5) is 18.9 Å². The van der Waals surface area contributed by atoms with E-state index in [1.54, 1.807) is 0 Å². The van der Waals surface area contributed by atoms with E-state index in [1.807, 2.05) is 30.3 Å². The minimum atomic E-state index is -4.52. The number of sulfonamides is 1. The summed E-state index contributed by atoms with van der Waals surface area (Å²) in [4.78, 5) is 12.1. The summed E-state index contributed by atoms with van der Waals surface area (Å²) in [6.45, 7) is -0.145. The number of carbonyl (C=O) groups excluding carboxylic acids is 1. The number of carbonyl (C=O) groups is 1. The van der Waals surface area contributed by atoms with Crippen molar-refractivity contribution in [2.75, 3.05) is 23.7 Å². The lowest BCUT2D eigenvalue weighted by molar-refractivity contribution is -0.137. The summed E-state index contributed by atoms with van der Waals surface area (Å²) < 4.78 is 62.7. The van der Waals surface area contributed by atoms with Crippen LogP contribution in [-0.4, -0.2) is 33.7 Å². The van der Waals surface area contributed by atoms with Crippen LogP contribution in [0.15, 0.2) is 54.6 Å². The van der Waals surface area contributed by atoms with Gasteiger partial charge in [0.25, 0.3) is 0 Å². The second-order valence-corrected chi connectivity index (χ2v) is 8.16. The number of hydrogen-bond donors (Lipinski definition) is 1. The van der Waals surface area contributed by atoms with Gasteiger partial charge in [-0.15, -0.1) is 0 Å². The third-order valence-corrected chi connectivity index (χ3v) is 5.12. The lowest BCUT2D eigenvalue weighted by atomic mass is 10.1. The van der Waals surface area contributed by atoms with Crippen LogP contribution in [0, 0.1) is 0 Å². The zero-order chi connectivity index (χ0) is 20.8. The number of nitrogens with one attached hydrogen (secondary N) is 1. The zero-order valence-electron chi connectivity index (χ0n) is 15.2. The van der Waals surface area contributed by atoms with Crippen molar-refractivity contribution < 1.29 is 26.4 Å². The van der Waals surface area contributed by atoms with Crippen LogP contribution < -0.4 is 9.62 Å². The molecule has 0 saturated carbocycles. The van der Waals surface area contributed by atoms with E-state index in [2.05, 4.69) is 5.32 Å². The van der Waals surface area contributed by atoms with Gasteiger partial charge in [-0.2, -0.15) is 13.2 Å². The first-order chi connectivity index (χ1) is 13.1. The second kappa shape index (κ2) is 9.09. The summed E-state index contributed by atoms with van der Waals surface area (Å²) in [5.74, 6) is -0.529.